The van der Waals surface area contributed by atoms with E-state index >= 15 is 0 Å². The van der Waals surface area contributed by atoms with Gasteiger partial charge in [-0.3, -0.25) is 4.79 Å². The van der Waals surface area contributed by atoms with Crippen molar-refractivity contribution in [2.24, 2.45) is 0 Å². The average molecular weight is 463 g/mol. The molecule has 6 rings (SSSR count). The number of nitrogens with zero attached hydrogens (tertiary/aromatic N) is 7. The molecule has 2 aromatic rings. The predicted octanol–water partition coefficient (Wildman–Crippen LogP) is 2.31. The first kappa shape index (κ1) is 20.7. The lowest BCUT2D eigenvalue weighted by atomic mass is 10.2. The summed E-state index contributed by atoms with van der Waals surface area (Å²) in [5.74, 6) is 3.72. The van der Waals surface area contributed by atoms with Gasteiger partial charge in [0.25, 0.3) is 5.91 Å². The maximum absolute atomic E-state index is 13.1. The minimum Gasteiger partial charge on any atom is -0.338 e. The lowest BCUT2D eigenvalue weighted by molar-refractivity contribution is -0.948. The molecular weight excluding hydrogens is 434 g/mol. The molecule has 8 nitrogen and oxygen atoms in total. The number of quaternary nitrogens is 1. The summed E-state index contributed by atoms with van der Waals surface area (Å²) in [6.07, 6.45) is 8.63. The molecule has 0 unspecified atom stereocenters. The second kappa shape index (κ2) is 8.16. The number of carbonyl (C=O) groups excluding carboxylic acids is 1. The number of anilines is 1. The van der Waals surface area contributed by atoms with Crippen LogP contribution in [-0.4, -0.2) is 86.1 Å². The highest BCUT2D eigenvalue weighted by Gasteiger charge is 2.48. The minimum atomic E-state index is 0.200. The maximum Gasteiger partial charge on any atom is 0.256 e. The SMILES string of the molecule is Cc1nc(N2CCN([N@@+]34C=CC=C3C=C(C(=O)N3CCSC3)C4)CC2)n(-c2ccccc2)n1. The number of fused-ring (bicyclic) bond motifs is 1. The van der Waals surface area contributed by atoms with E-state index in [1.807, 2.05) is 46.5 Å². The van der Waals surface area contributed by atoms with Gasteiger partial charge in [-0.1, -0.05) is 18.2 Å². The van der Waals surface area contributed by atoms with Crippen molar-refractivity contribution in [1.29, 1.82) is 0 Å². The zero-order valence-electron chi connectivity index (χ0n) is 18.8. The number of allylic oxidation sites excluding steroid dienone is 3. The highest BCUT2D eigenvalue weighted by molar-refractivity contribution is 7.99. The Morgan fingerprint density at radius 2 is 1.91 bits per heavy atom. The molecule has 0 N–H and O–H groups in total. The van der Waals surface area contributed by atoms with Gasteiger partial charge in [0.05, 0.1) is 30.2 Å². The Hall–Kier alpha value is -2.88. The van der Waals surface area contributed by atoms with Crippen LogP contribution < -0.4 is 4.90 Å². The highest BCUT2D eigenvalue weighted by Crippen LogP contribution is 2.38. The van der Waals surface area contributed by atoms with Crippen molar-refractivity contribution in [3.8, 4) is 5.69 Å². The minimum absolute atomic E-state index is 0.200. The molecule has 170 valence electrons. The van der Waals surface area contributed by atoms with Crippen molar-refractivity contribution in [2.75, 3.05) is 55.8 Å². The molecule has 0 bridgehead atoms. The summed E-state index contributed by atoms with van der Waals surface area (Å²) in [6, 6.07) is 10.2. The summed E-state index contributed by atoms with van der Waals surface area (Å²) in [5.41, 5.74) is 3.15. The smallest absolute Gasteiger partial charge is 0.256 e. The normalized spacial score (nSPS) is 24.9. The zero-order chi connectivity index (χ0) is 22.4. The Bertz CT molecular complexity index is 1160. The van der Waals surface area contributed by atoms with Crippen LogP contribution in [0.2, 0.25) is 0 Å². The van der Waals surface area contributed by atoms with Gasteiger partial charge in [0.2, 0.25) is 5.95 Å². The quantitative estimate of drug-likeness (QED) is 0.650. The molecule has 0 aliphatic carbocycles. The monoisotopic (exact) mass is 462 g/mol. The summed E-state index contributed by atoms with van der Waals surface area (Å²) < 4.78 is 2.58. The predicted molar refractivity (Wildman–Crippen MR) is 129 cm³/mol. The summed E-state index contributed by atoms with van der Waals surface area (Å²) >= 11 is 1.83. The van der Waals surface area contributed by atoms with E-state index in [4.69, 9.17) is 4.98 Å². The van der Waals surface area contributed by atoms with Gasteiger partial charge < -0.3 is 9.80 Å². The molecule has 0 radical (unpaired) electrons. The van der Waals surface area contributed by atoms with E-state index in [9.17, 15) is 4.79 Å². The van der Waals surface area contributed by atoms with E-state index in [0.717, 1.165) is 67.4 Å². The highest BCUT2D eigenvalue weighted by atomic mass is 32.2. The Balaban J connectivity index is 1.18. The van der Waals surface area contributed by atoms with Crippen LogP contribution in [0.3, 0.4) is 0 Å². The molecule has 4 aliphatic rings. The number of thioether (sulfide) groups is 1. The van der Waals surface area contributed by atoms with Gasteiger partial charge in [0.1, 0.15) is 18.6 Å². The first-order valence-corrected chi connectivity index (χ1v) is 12.6. The number of aromatic nitrogens is 3. The fourth-order valence-electron chi connectivity index (χ4n) is 5.15. The van der Waals surface area contributed by atoms with Crippen LogP contribution in [0, 0.1) is 6.92 Å². The summed E-state index contributed by atoms with van der Waals surface area (Å²) in [6.45, 7) is 7.00. The van der Waals surface area contributed by atoms with E-state index in [1.165, 1.54) is 5.70 Å². The fourth-order valence-corrected chi connectivity index (χ4v) is 6.10. The molecular formula is C24H28N7OS+. The third-order valence-electron chi connectivity index (χ3n) is 6.84. The number of para-hydroxylation sites is 1. The molecule has 0 spiro atoms. The number of piperazine rings is 1. The van der Waals surface area contributed by atoms with Gasteiger partial charge in [0, 0.05) is 37.5 Å². The van der Waals surface area contributed by atoms with E-state index in [0.29, 0.717) is 11.1 Å². The van der Waals surface area contributed by atoms with Gasteiger partial charge in [0.15, 0.2) is 5.70 Å². The van der Waals surface area contributed by atoms with Gasteiger partial charge in [-0.25, -0.2) is 0 Å². The van der Waals surface area contributed by atoms with Gasteiger partial charge >= 0.3 is 0 Å². The molecule has 2 saturated heterocycles. The van der Waals surface area contributed by atoms with Crippen LogP contribution >= 0.6 is 11.8 Å². The van der Waals surface area contributed by atoms with Crippen LogP contribution in [-0.2, 0) is 4.79 Å². The fraction of sp³-hybridized carbons (Fsp3) is 0.375. The molecule has 1 aromatic heterocycles. The molecule has 9 heteroatoms. The number of hydrogen-bond acceptors (Lipinski definition) is 6. The van der Waals surface area contributed by atoms with Crippen molar-refractivity contribution < 1.29 is 9.39 Å². The number of rotatable bonds is 4. The summed E-state index contributed by atoms with van der Waals surface area (Å²) in [7, 11) is 0. The molecule has 1 atom stereocenters. The molecule has 4 aliphatic heterocycles. The van der Waals surface area contributed by atoms with E-state index in [1.54, 1.807) is 0 Å². The first-order chi connectivity index (χ1) is 16.1. The Morgan fingerprint density at radius 3 is 2.67 bits per heavy atom. The van der Waals surface area contributed by atoms with E-state index < -0.39 is 0 Å². The standard InChI is InChI=1S/C24H28N7OS/c1-19-25-24(30(26-19)21-6-3-2-4-7-21)27-9-11-29(12-10-27)31-14-5-8-22(31)16-20(17-31)23(32)28-13-15-33-18-28/h2-8,14,16H,9-13,15,17-18H2,1H3/q+1/t31-/m1/s1. The molecule has 5 heterocycles. The van der Waals surface area contributed by atoms with Crippen molar-refractivity contribution in [3.05, 3.63) is 71.9 Å². The van der Waals surface area contributed by atoms with Gasteiger partial charge in [-0.05, 0) is 25.1 Å². The summed E-state index contributed by atoms with van der Waals surface area (Å²) in [4.78, 5) is 22.1. The van der Waals surface area contributed by atoms with Gasteiger partial charge in [-0.2, -0.15) is 14.3 Å². The van der Waals surface area contributed by atoms with E-state index in [2.05, 4.69) is 51.6 Å². The van der Waals surface area contributed by atoms with Crippen LogP contribution in [0.25, 0.3) is 5.69 Å². The summed E-state index contributed by atoms with van der Waals surface area (Å²) in [5, 5.41) is 7.13. The second-order valence-corrected chi connectivity index (χ2v) is 9.92. The van der Waals surface area contributed by atoms with E-state index in [-0.39, 0.29) is 5.91 Å². The zero-order valence-corrected chi connectivity index (χ0v) is 19.6. The Labute approximate surface area is 198 Å². The third kappa shape index (κ3) is 3.51. The molecule has 2 fully saturated rings. The van der Waals surface area contributed by atoms with Crippen molar-refractivity contribution in [2.45, 2.75) is 6.92 Å². The molecule has 0 saturated carbocycles. The van der Waals surface area contributed by atoms with Crippen molar-refractivity contribution in [1.82, 2.24) is 24.7 Å². The molecule has 1 aromatic carbocycles. The number of hydrogen-bond donors (Lipinski definition) is 0. The molecule has 1 amide bonds. The maximum atomic E-state index is 13.1. The van der Waals surface area contributed by atoms with Crippen LogP contribution in [0.4, 0.5) is 5.95 Å². The topological polar surface area (TPSA) is 57.5 Å². The number of aryl methyl sites for hydroxylation is 1. The number of benzene rings is 1. The van der Waals surface area contributed by atoms with Crippen molar-refractivity contribution in [3.63, 3.8) is 0 Å². The largest absolute Gasteiger partial charge is 0.338 e. The Morgan fingerprint density at radius 1 is 1.09 bits per heavy atom. The van der Waals surface area contributed by atoms with Gasteiger partial charge in [-0.15, -0.1) is 21.9 Å². The first-order valence-electron chi connectivity index (χ1n) is 11.5. The second-order valence-electron chi connectivity index (χ2n) is 8.84. The average Bonchev–Trinajstić information content (AvgIpc) is 3.62. The lowest BCUT2D eigenvalue weighted by Crippen LogP contribution is -2.60. The Kier molecular flexibility index (Phi) is 5.12. The lowest BCUT2D eigenvalue weighted by Gasteiger charge is -2.43. The van der Waals surface area contributed by atoms with Crippen LogP contribution in [0.1, 0.15) is 5.82 Å². The number of carbonyl (C=O) groups is 1. The van der Waals surface area contributed by atoms with Crippen molar-refractivity contribution >= 4 is 23.6 Å². The third-order valence-corrected chi connectivity index (χ3v) is 7.80. The van der Waals surface area contributed by atoms with Crippen LogP contribution in [0.5, 0.6) is 0 Å². The van der Waals surface area contributed by atoms with Crippen LogP contribution in [0.15, 0.2) is 66.0 Å². The number of amides is 1. The molecule has 33 heavy (non-hydrogen) atoms.